The minimum atomic E-state index is -1.01. The van der Waals surface area contributed by atoms with Crippen molar-refractivity contribution in [2.75, 3.05) is 11.9 Å². The van der Waals surface area contributed by atoms with Gasteiger partial charge in [0.1, 0.15) is 0 Å². The summed E-state index contributed by atoms with van der Waals surface area (Å²) in [5, 5.41) is 12.2. The van der Waals surface area contributed by atoms with E-state index in [4.69, 9.17) is 16.7 Å². The molecular formula is C11H11BrClNO2. The number of rotatable bonds is 4. The third-order valence-corrected chi connectivity index (χ3v) is 3.11. The normalized spacial score (nSPS) is 9.94. The average molecular weight is 305 g/mol. The van der Waals surface area contributed by atoms with Gasteiger partial charge < -0.3 is 10.4 Å². The molecule has 3 nitrogen and oxygen atoms in total. The number of aliphatic carboxylic acids is 1. The van der Waals surface area contributed by atoms with Crippen LogP contribution in [0.25, 0.3) is 0 Å². The summed E-state index contributed by atoms with van der Waals surface area (Å²) in [6, 6.07) is 3.62. The molecule has 86 valence electrons. The van der Waals surface area contributed by atoms with Crippen molar-refractivity contribution in [3.63, 3.8) is 0 Å². The third-order valence-electron chi connectivity index (χ3n) is 2.04. The summed E-state index contributed by atoms with van der Waals surface area (Å²) in [5.74, 6) is -1.01. The van der Waals surface area contributed by atoms with Crippen LogP contribution in [0.15, 0.2) is 28.8 Å². The van der Waals surface area contributed by atoms with Crippen LogP contribution in [0.4, 0.5) is 5.69 Å². The molecule has 0 aromatic heterocycles. The van der Waals surface area contributed by atoms with E-state index in [-0.39, 0.29) is 12.1 Å². The number of carbonyl (C=O) groups is 1. The van der Waals surface area contributed by atoms with E-state index in [1.165, 1.54) is 0 Å². The van der Waals surface area contributed by atoms with Crippen LogP contribution in [0, 0.1) is 6.92 Å². The highest BCUT2D eigenvalue weighted by Gasteiger charge is 2.07. The monoisotopic (exact) mass is 303 g/mol. The van der Waals surface area contributed by atoms with Crippen LogP contribution in [0.1, 0.15) is 5.56 Å². The Morgan fingerprint density at radius 3 is 2.81 bits per heavy atom. The van der Waals surface area contributed by atoms with Crippen molar-refractivity contribution >= 4 is 39.2 Å². The van der Waals surface area contributed by atoms with Crippen LogP contribution in [-0.4, -0.2) is 17.6 Å². The molecule has 0 amide bonds. The van der Waals surface area contributed by atoms with Crippen molar-refractivity contribution < 1.29 is 9.90 Å². The van der Waals surface area contributed by atoms with Crippen LogP contribution < -0.4 is 5.32 Å². The lowest BCUT2D eigenvalue weighted by atomic mass is 10.2. The van der Waals surface area contributed by atoms with Gasteiger partial charge in [-0.3, -0.25) is 0 Å². The summed E-state index contributed by atoms with van der Waals surface area (Å²) < 4.78 is 0.840. The highest BCUT2D eigenvalue weighted by atomic mass is 79.9. The number of hydrogen-bond donors (Lipinski definition) is 2. The van der Waals surface area contributed by atoms with Crippen molar-refractivity contribution in [3.8, 4) is 0 Å². The molecule has 0 aliphatic carbocycles. The highest BCUT2D eigenvalue weighted by Crippen LogP contribution is 2.29. The van der Waals surface area contributed by atoms with E-state index in [1.54, 1.807) is 6.07 Å². The number of benzene rings is 1. The van der Waals surface area contributed by atoms with Crippen LogP contribution in [-0.2, 0) is 4.79 Å². The molecule has 0 unspecified atom stereocenters. The lowest BCUT2D eigenvalue weighted by Crippen LogP contribution is -2.11. The maximum atomic E-state index is 10.5. The number of anilines is 1. The van der Waals surface area contributed by atoms with E-state index in [0.717, 1.165) is 15.7 Å². The van der Waals surface area contributed by atoms with Gasteiger partial charge in [-0.05, 0) is 40.5 Å². The van der Waals surface area contributed by atoms with Gasteiger partial charge in [0.25, 0.3) is 0 Å². The molecule has 0 spiro atoms. The van der Waals surface area contributed by atoms with Gasteiger partial charge in [-0.2, -0.15) is 0 Å². The lowest BCUT2D eigenvalue weighted by molar-refractivity contribution is -0.132. The zero-order valence-corrected chi connectivity index (χ0v) is 11.0. The van der Waals surface area contributed by atoms with Gasteiger partial charge >= 0.3 is 5.97 Å². The Morgan fingerprint density at radius 1 is 1.62 bits per heavy atom. The number of carboxylic acids is 1. The Labute approximate surface area is 107 Å². The average Bonchev–Trinajstić information content (AvgIpc) is 2.20. The molecule has 16 heavy (non-hydrogen) atoms. The lowest BCUT2D eigenvalue weighted by Gasteiger charge is -2.10. The molecule has 0 atom stereocenters. The molecule has 0 saturated carbocycles. The number of halogens is 2. The van der Waals surface area contributed by atoms with Gasteiger partial charge in [0.05, 0.1) is 5.69 Å². The van der Waals surface area contributed by atoms with Crippen LogP contribution >= 0.6 is 27.5 Å². The maximum Gasteiger partial charge on any atom is 0.332 e. The Balaban J connectivity index is 2.78. The molecule has 0 saturated heterocycles. The van der Waals surface area contributed by atoms with Crippen molar-refractivity contribution in [2.24, 2.45) is 0 Å². The van der Waals surface area contributed by atoms with E-state index in [1.807, 2.05) is 13.0 Å². The Kier molecular flexibility index (Phi) is 4.38. The molecule has 0 bridgehead atoms. The second-order valence-corrected chi connectivity index (χ2v) is 4.61. The van der Waals surface area contributed by atoms with Crippen LogP contribution in [0.5, 0.6) is 0 Å². The largest absolute Gasteiger partial charge is 0.478 e. The number of carboxylic acid groups (broad SMARTS) is 1. The number of aryl methyl sites for hydroxylation is 1. The SMILES string of the molecule is C=C(CNc1cc(Cl)c(C)cc1Br)C(=O)O. The number of nitrogens with one attached hydrogen (secondary N) is 1. The summed E-state index contributed by atoms with van der Waals surface area (Å²) in [5.41, 5.74) is 1.80. The summed E-state index contributed by atoms with van der Waals surface area (Å²) >= 11 is 9.33. The molecule has 0 radical (unpaired) electrons. The first-order valence-electron chi connectivity index (χ1n) is 4.52. The third kappa shape index (κ3) is 3.25. The smallest absolute Gasteiger partial charge is 0.332 e. The summed E-state index contributed by atoms with van der Waals surface area (Å²) in [7, 11) is 0. The van der Waals surface area contributed by atoms with Crippen molar-refractivity contribution in [3.05, 3.63) is 39.3 Å². The van der Waals surface area contributed by atoms with Crippen molar-refractivity contribution in [1.29, 1.82) is 0 Å². The van der Waals surface area contributed by atoms with Crippen molar-refractivity contribution in [2.45, 2.75) is 6.92 Å². The highest BCUT2D eigenvalue weighted by molar-refractivity contribution is 9.10. The van der Waals surface area contributed by atoms with E-state index in [9.17, 15) is 4.79 Å². The molecule has 1 rings (SSSR count). The van der Waals surface area contributed by atoms with Crippen LogP contribution in [0.3, 0.4) is 0 Å². The van der Waals surface area contributed by atoms with E-state index < -0.39 is 5.97 Å². The zero-order valence-electron chi connectivity index (χ0n) is 8.68. The fourth-order valence-electron chi connectivity index (χ4n) is 1.06. The number of hydrogen-bond acceptors (Lipinski definition) is 2. The van der Waals surface area contributed by atoms with E-state index in [0.29, 0.717) is 5.02 Å². The predicted molar refractivity (Wildman–Crippen MR) is 69.2 cm³/mol. The van der Waals surface area contributed by atoms with Gasteiger partial charge in [-0.15, -0.1) is 0 Å². The molecule has 5 heteroatoms. The standard InChI is InChI=1S/C11H11BrClNO2/c1-6-3-8(12)10(4-9(6)13)14-5-7(2)11(15)16/h3-4,14H,2,5H2,1H3,(H,15,16). The zero-order chi connectivity index (χ0) is 12.3. The van der Waals surface area contributed by atoms with Crippen molar-refractivity contribution in [1.82, 2.24) is 0 Å². The van der Waals surface area contributed by atoms with Gasteiger partial charge in [0.2, 0.25) is 0 Å². The second-order valence-electron chi connectivity index (χ2n) is 3.34. The van der Waals surface area contributed by atoms with Gasteiger partial charge in [0, 0.05) is 21.6 Å². The van der Waals surface area contributed by atoms with E-state index >= 15 is 0 Å². The second kappa shape index (κ2) is 5.37. The summed E-state index contributed by atoms with van der Waals surface area (Å²) in [6.45, 7) is 5.50. The van der Waals surface area contributed by atoms with Gasteiger partial charge in [-0.1, -0.05) is 18.2 Å². The first-order valence-corrected chi connectivity index (χ1v) is 5.69. The molecule has 1 aromatic rings. The Morgan fingerprint density at radius 2 is 2.25 bits per heavy atom. The maximum absolute atomic E-state index is 10.5. The molecule has 1 aromatic carbocycles. The fourth-order valence-corrected chi connectivity index (χ4v) is 1.82. The topological polar surface area (TPSA) is 49.3 Å². The first kappa shape index (κ1) is 13.1. The van der Waals surface area contributed by atoms with Gasteiger partial charge in [-0.25, -0.2) is 4.79 Å². The quantitative estimate of drug-likeness (QED) is 0.838. The molecule has 0 heterocycles. The minimum absolute atomic E-state index is 0.101. The predicted octanol–water partition coefficient (Wildman–Crippen LogP) is 3.46. The summed E-state index contributed by atoms with van der Waals surface area (Å²) in [6.07, 6.45) is 0. The summed E-state index contributed by atoms with van der Waals surface area (Å²) in [4.78, 5) is 10.5. The van der Waals surface area contributed by atoms with Gasteiger partial charge in [0.15, 0.2) is 0 Å². The molecule has 2 N–H and O–H groups in total. The molecule has 0 aliphatic heterocycles. The fraction of sp³-hybridized carbons (Fsp3) is 0.182. The molecule has 0 fully saturated rings. The Bertz CT molecular complexity index is 446. The first-order chi connectivity index (χ1) is 7.41. The van der Waals surface area contributed by atoms with E-state index in [2.05, 4.69) is 27.8 Å². The molecule has 0 aliphatic rings. The Hall–Kier alpha value is -1.00. The molecular weight excluding hydrogens is 293 g/mol. The minimum Gasteiger partial charge on any atom is -0.478 e. The van der Waals surface area contributed by atoms with Crippen LogP contribution in [0.2, 0.25) is 5.02 Å².